The van der Waals surface area contributed by atoms with Crippen LogP contribution in [0.3, 0.4) is 0 Å². The molecule has 0 saturated carbocycles. The van der Waals surface area contributed by atoms with Crippen molar-refractivity contribution in [2.45, 2.75) is 13.1 Å². The molecule has 150 valence electrons. The summed E-state index contributed by atoms with van der Waals surface area (Å²) in [6.45, 7) is 3.20. The van der Waals surface area contributed by atoms with Gasteiger partial charge in [-0.1, -0.05) is 24.3 Å². The van der Waals surface area contributed by atoms with Gasteiger partial charge in [0.25, 0.3) is 0 Å². The quantitative estimate of drug-likeness (QED) is 0.614. The van der Waals surface area contributed by atoms with Gasteiger partial charge in [-0.15, -0.1) is 0 Å². The van der Waals surface area contributed by atoms with Crippen LogP contribution >= 0.6 is 0 Å². The molecule has 1 fully saturated rings. The van der Waals surface area contributed by atoms with Crippen LogP contribution in [0.1, 0.15) is 11.1 Å². The molecule has 0 bridgehead atoms. The summed E-state index contributed by atoms with van der Waals surface area (Å²) in [7, 11) is 7.74. The maximum Gasteiger partial charge on any atom is 0.246 e. The molecule has 2 heterocycles. The van der Waals surface area contributed by atoms with Crippen molar-refractivity contribution in [3.05, 3.63) is 47.8 Å². The molecule has 0 spiro atoms. The number of guanidine groups is 1. The van der Waals surface area contributed by atoms with E-state index in [1.54, 1.807) is 22.8 Å². The van der Waals surface area contributed by atoms with Crippen molar-refractivity contribution >= 4 is 17.6 Å². The number of piperazine rings is 1. The molecule has 2 aromatic rings. The Morgan fingerprint density at radius 2 is 2.00 bits per heavy atom. The van der Waals surface area contributed by atoms with Gasteiger partial charge in [0.1, 0.15) is 6.54 Å². The van der Waals surface area contributed by atoms with Gasteiger partial charge in [0.15, 0.2) is 5.96 Å². The molecule has 28 heavy (non-hydrogen) atoms. The number of aromatic nitrogens is 2. The van der Waals surface area contributed by atoms with E-state index in [-0.39, 0.29) is 5.91 Å². The minimum atomic E-state index is 0.0511. The molecule has 0 unspecified atom stereocenters. The Morgan fingerprint density at radius 1 is 1.25 bits per heavy atom. The fourth-order valence-corrected chi connectivity index (χ4v) is 3.41. The highest BCUT2D eigenvalue weighted by molar-refractivity contribution is 5.98. The first-order valence-electron chi connectivity index (χ1n) is 9.44. The van der Waals surface area contributed by atoms with E-state index in [9.17, 15) is 4.79 Å². The Hall–Kier alpha value is -2.87. The summed E-state index contributed by atoms with van der Waals surface area (Å²) < 4.78 is 1.71. The van der Waals surface area contributed by atoms with Crippen molar-refractivity contribution in [3.8, 4) is 0 Å². The number of aryl methyl sites for hydroxylation is 1. The normalized spacial score (nSPS) is 15.5. The van der Waals surface area contributed by atoms with Crippen LogP contribution in [0, 0.1) is 0 Å². The van der Waals surface area contributed by atoms with Gasteiger partial charge in [-0.2, -0.15) is 5.10 Å². The molecule has 8 nitrogen and oxygen atoms in total. The predicted molar refractivity (Wildman–Crippen MR) is 111 cm³/mol. The first kappa shape index (κ1) is 19.9. The third-order valence-corrected chi connectivity index (χ3v) is 4.78. The van der Waals surface area contributed by atoms with E-state index in [0.29, 0.717) is 19.6 Å². The van der Waals surface area contributed by atoms with E-state index in [2.05, 4.69) is 58.7 Å². The van der Waals surface area contributed by atoms with Crippen molar-refractivity contribution in [3.63, 3.8) is 0 Å². The van der Waals surface area contributed by atoms with Gasteiger partial charge in [0, 0.05) is 46.5 Å². The van der Waals surface area contributed by atoms with Crippen LogP contribution in [0.4, 0.5) is 5.69 Å². The zero-order valence-electron chi connectivity index (χ0n) is 17.1. The van der Waals surface area contributed by atoms with Gasteiger partial charge in [0.05, 0.1) is 11.9 Å². The molecule has 0 aliphatic carbocycles. The third kappa shape index (κ3) is 4.69. The number of amides is 1. The predicted octanol–water partition coefficient (Wildman–Crippen LogP) is 0.906. The standard InChI is InChI=1S/C20H29N7O/c1-21-20(22-11-16-7-5-6-8-17(16)13-24(2)3)26-9-10-27(19(28)15-26)18-12-23-25(4)14-18/h5-8,12,14H,9-11,13,15H2,1-4H3,(H,21,22). The second-order valence-corrected chi connectivity index (χ2v) is 7.25. The van der Waals surface area contributed by atoms with Gasteiger partial charge >= 0.3 is 0 Å². The zero-order valence-corrected chi connectivity index (χ0v) is 17.1. The molecule has 1 aromatic heterocycles. The Balaban J connectivity index is 1.62. The lowest BCUT2D eigenvalue weighted by atomic mass is 10.1. The molecule has 3 rings (SSSR count). The molecule has 1 aromatic carbocycles. The lowest BCUT2D eigenvalue weighted by Crippen LogP contribution is -2.55. The Morgan fingerprint density at radius 3 is 2.61 bits per heavy atom. The molecule has 0 radical (unpaired) electrons. The minimum absolute atomic E-state index is 0.0511. The van der Waals surface area contributed by atoms with Crippen LogP contribution in [0.5, 0.6) is 0 Å². The highest BCUT2D eigenvalue weighted by atomic mass is 16.2. The fourth-order valence-electron chi connectivity index (χ4n) is 3.41. The maximum atomic E-state index is 12.6. The zero-order chi connectivity index (χ0) is 20.1. The molecule has 1 amide bonds. The molecule has 1 N–H and O–H groups in total. The summed E-state index contributed by atoms with van der Waals surface area (Å²) in [4.78, 5) is 23.0. The van der Waals surface area contributed by atoms with Crippen LogP contribution in [0.2, 0.25) is 0 Å². The average Bonchev–Trinajstić information content (AvgIpc) is 3.09. The highest BCUT2D eigenvalue weighted by Crippen LogP contribution is 2.16. The Kier molecular flexibility index (Phi) is 6.30. The smallest absolute Gasteiger partial charge is 0.246 e. The Bertz CT molecular complexity index is 843. The van der Waals surface area contributed by atoms with Crippen LogP contribution in [0.25, 0.3) is 0 Å². The summed E-state index contributed by atoms with van der Waals surface area (Å²) in [6, 6.07) is 8.39. The Labute approximate surface area is 166 Å². The third-order valence-electron chi connectivity index (χ3n) is 4.78. The summed E-state index contributed by atoms with van der Waals surface area (Å²) in [5.41, 5.74) is 3.36. The SMILES string of the molecule is CN=C(NCc1ccccc1CN(C)C)N1CCN(c2cnn(C)c2)C(=O)C1. The van der Waals surface area contributed by atoms with E-state index in [0.717, 1.165) is 24.7 Å². The number of hydrogen-bond acceptors (Lipinski definition) is 4. The van der Waals surface area contributed by atoms with Crippen LogP contribution in [-0.4, -0.2) is 72.2 Å². The number of carbonyl (C=O) groups is 1. The number of nitrogens with one attached hydrogen (secondary N) is 1. The van der Waals surface area contributed by atoms with Crippen LogP contribution in [0.15, 0.2) is 41.7 Å². The second-order valence-electron chi connectivity index (χ2n) is 7.25. The summed E-state index contributed by atoms with van der Waals surface area (Å²) in [6.07, 6.45) is 3.59. The molecule has 1 saturated heterocycles. The van der Waals surface area contributed by atoms with E-state index >= 15 is 0 Å². The average molecular weight is 384 g/mol. The van der Waals surface area contributed by atoms with Gasteiger partial charge in [-0.3, -0.25) is 14.5 Å². The second kappa shape index (κ2) is 8.88. The molecular formula is C20H29N7O. The monoisotopic (exact) mass is 383 g/mol. The highest BCUT2D eigenvalue weighted by Gasteiger charge is 2.27. The van der Waals surface area contributed by atoms with Crippen molar-refractivity contribution in [2.75, 3.05) is 45.7 Å². The summed E-state index contributed by atoms with van der Waals surface area (Å²) >= 11 is 0. The van der Waals surface area contributed by atoms with Crippen LogP contribution in [-0.2, 0) is 24.9 Å². The molecule has 1 aliphatic heterocycles. The molecule has 8 heteroatoms. The lowest BCUT2D eigenvalue weighted by molar-refractivity contribution is -0.120. The minimum Gasteiger partial charge on any atom is -0.352 e. The topological polar surface area (TPSA) is 69.0 Å². The number of hydrogen-bond donors (Lipinski definition) is 1. The van der Waals surface area contributed by atoms with E-state index in [4.69, 9.17) is 0 Å². The summed E-state index contributed by atoms with van der Waals surface area (Å²) in [5.74, 6) is 0.800. The van der Waals surface area contributed by atoms with Gasteiger partial charge in [-0.05, 0) is 25.2 Å². The van der Waals surface area contributed by atoms with E-state index < -0.39 is 0 Å². The number of anilines is 1. The number of rotatable bonds is 5. The van der Waals surface area contributed by atoms with Crippen molar-refractivity contribution in [1.29, 1.82) is 0 Å². The molecule has 1 aliphatic rings. The van der Waals surface area contributed by atoms with E-state index in [1.165, 1.54) is 11.1 Å². The van der Waals surface area contributed by atoms with E-state index in [1.807, 2.05) is 18.1 Å². The van der Waals surface area contributed by atoms with Crippen molar-refractivity contribution in [2.24, 2.45) is 12.0 Å². The number of carbonyl (C=O) groups excluding carboxylic acids is 1. The molecule has 0 atom stereocenters. The van der Waals surface area contributed by atoms with Crippen molar-refractivity contribution < 1.29 is 4.79 Å². The largest absolute Gasteiger partial charge is 0.352 e. The maximum absolute atomic E-state index is 12.6. The van der Waals surface area contributed by atoms with Crippen LogP contribution < -0.4 is 10.2 Å². The molecular weight excluding hydrogens is 354 g/mol. The van der Waals surface area contributed by atoms with Gasteiger partial charge < -0.3 is 20.0 Å². The first-order valence-corrected chi connectivity index (χ1v) is 9.44. The fraction of sp³-hybridized carbons (Fsp3) is 0.450. The number of benzene rings is 1. The number of aliphatic imine (C=N–C) groups is 1. The van der Waals surface area contributed by atoms with Gasteiger partial charge in [0.2, 0.25) is 5.91 Å². The first-order chi connectivity index (χ1) is 13.5. The van der Waals surface area contributed by atoms with Gasteiger partial charge in [-0.25, -0.2) is 0 Å². The van der Waals surface area contributed by atoms with Crippen molar-refractivity contribution in [1.82, 2.24) is 24.9 Å². The summed E-state index contributed by atoms with van der Waals surface area (Å²) in [5, 5.41) is 7.58. The number of nitrogens with zero attached hydrogens (tertiary/aromatic N) is 6. The lowest BCUT2D eigenvalue weighted by Gasteiger charge is -2.35.